The van der Waals surface area contributed by atoms with E-state index in [1.807, 2.05) is 12.3 Å². The SMILES string of the molecule is C/C=C(\C)CN1CCCC1CNc1nccc(N2CCCCCC2)n1. The summed E-state index contributed by atoms with van der Waals surface area (Å²) in [6, 6.07) is 2.63. The molecule has 5 heteroatoms. The summed E-state index contributed by atoms with van der Waals surface area (Å²) in [4.78, 5) is 14.2. The maximum absolute atomic E-state index is 4.78. The number of likely N-dealkylation sites (tertiary alicyclic amines) is 1. The van der Waals surface area contributed by atoms with Crippen LogP contribution in [0.2, 0.25) is 0 Å². The molecule has 1 N–H and O–H groups in total. The molecule has 0 amide bonds. The number of nitrogens with one attached hydrogen (secondary N) is 1. The van der Waals surface area contributed by atoms with E-state index in [9.17, 15) is 0 Å². The van der Waals surface area contributed by atoms with Gasteiger partial charge in [0.2, 0.25) is 5.95 Å². The zero-order valence-corrected chi connectivity index (χ0v) is 15.9. The maximum atomic E-state index is 4.78. The topological polar surface area (TPSA) is 44.3 Å². The van der Waals surface area contributed by atoms with E-state index in [4.69, 9.17) is 4.98 Å². The lowest BCUT2D eigenvalue weighted by Gasteiger charge is -2.25. The van der Waals surface area contributed by atoms with Gasteiger partial charge in [-0.3, -0.25) is 4.90 Å². The van der Waals surface area contributed by atoms with Crippen LogP contribution in [0.3, 0.4) is 0 Å². The molecule has 0 bridgehead atoms. The summed E-state index contributed by atoms with van der Waals surface area (Å²) in [5, 5.41) is 3.49. The minimum atomic E-state index is 0.584. The molecule has 0 aliphatic carbocycles. The van der Waals surface area contributed by atoms with Gasteiger partial charge in [-0.2, -0.15) is 4.98 Å². The Hall–Kier alpha value is -1.62. The van der Waals surface area contributed by atoms with Crippen molar-refractivity contribution in [2.75, 3.05) is 42.9 Å². The third-order valence-corrected chi connectivity index (χ3v) is 5.51. The van der Waals surface area contributed by atoms with Gasteiger partial charge in [0.1, 0.15) is 5.82 Å². The van der Waals surface area contributed by atoms with E-state index in [2.05, 4.69) is 40.0 Å². The van der Waals surface area contributed by atoms with Crippen LogP contribution >= 0.6 is 0 Å². The molecule has 3 rings (SSSR count). The van der Waals surface area contributed by atoms with Crippen molar-refractivity contribution in [1.29, 1.82) is 0 Å². The predicted molar refractivity (Wildman–Crippen MR) is 105 cm³/mol. The summed E-state index contributed by atoms with van der Waals surface area (Å²) in [5.41, 5.74) is 1.45. The first kappa shape index (κ1) is 18.2. The van der Waals surface area contributed by atoms with Crippen LogP contribution in [0.25, 0.3) is 0 Å². The summed E-state index contributed by atoms with van der Waals surface area (Å²) in [7, 11) is 0. The van der Waals surface area contributed by atoms with E-state index < -0.39 is 0 Å². The van der Waals surface area contributed by atoms with Gasteiger partial charge in [-0.1, -0.05) is 24.5 Å². The molecule has 25 heavy (non-hydrogen) atoms. The van der Waals surface area contributed by atoms with Crippen molar-refractivity contribution in [3.8, 4) is 0 Å². The zero-order chi connectivity index (χ0) is 17.5. The number of allylic oxidation sites excluding steroid dienone is 1. The molecular weight excluding hydrogens is 310 g/mol. The fourth-order valence-electron chi connectivity index (χ4n) is 3.87. The van der Waals surface area contributed by atoms with E-state index in [0.717, 1.165) is 37.9 Å². The summed E-state index contributed by atoms with van der Waals surface area (Å²) in [5.74, 6) is 1.85. The first-order chi connectivity index (χ1) is 12.3. The Morgan fingerprint density at radius 3 is 2.76 bits per heavy atom. The highest BCUT2D eigenvalue weighted by Gasteiger charge is 2.24. The molecule has 3 heterocycles. The van der Waals surface area contributed by atoms with Gasteiger partial charge in [0.25, 0.3) is 0 Å². The lowest BCUT2D eigenvalue weighted by Crippen LogP contribution is -2.36. The van der Waals surface area contributed by atoms with Gasteiger partial charge < -0.3 is 10.2 Å². The predicted octanol–water partition coefficient (Wildman–Crippen LogP) is 3.70. The van der Waals surface area contributed by atoms with Crippen LogP contribution < -0.4 is 10.2 Å². The van der Waals surface area contributed by atoms with Crippen molar-refractivity contribution in [2.24, 2.45) is 0 Å². The summed E-state index contributed by atoms with van der Waals surface area (Å²) in [6.45, 7) is 9.80. The Labute approximate surface area is 152 Å². The molecular formula is C20H33N5. The Bertz CT molecular complexity index is 563. The van der Waals surface area contributed by atoms with Gasteiger partial charge >= 0.3 is 0 Å². The molecule has 0 radical (unpaired) electrons. The number of nitrogens with zero attached hydrogens (tertiary/aromatic N) is 4. The second kappa shape index (κ2) is 9.18. The molecule has 2 aliphatic rings. The fourth-order valence-corrected chi connectivity index (χ4v) is 3.87. The first-order valence-corrected chi connectivity index (χ1v) is 9.94. The Morgan fingerprint density at radius 1 is 1.20 bits per heavy atom. The van der Waals surface area contributed by atoms with Crippen LogP contribution in [-0.4, -0.2) is 53.6 Å². The van der Waals surface area contributed by atoms with Crippen molar-refractivity contribution < 1.29 is 0 Å². The largest absolute Gasteiger partial charge is 0.356 e. The molecule has 0 spiro atoms. The quantitative estimate of drug-likeness (QED) is 0.798. The van der Waals surface area contributed by atoms with Crippen molar-refractivity contribution in [2.45, 2.75) is 58.4 Å². The molecule has 138 valence electrons. The number of hydrogen-bond acceptors (Lipinski definition) is 5. The first-order valence-electron chi connectivity index (χ1n) is 9.94. The number of hydrogen-bond donors (Lipinski definition) is 1. The highest BCUT2D eigenvalue weighted by Crippen LogP contribution is 2.20. The highest BCUT2D eigenvalue weighted by molar-refractivity contribution is 5.42. The lowest BCUT2D eigenvalue weighted by molar-refractivity contribution is 0.284. The normalized spacial score (nSPS) is 22.9. The Morgan fingerprint density at radius 2 is 2.00 bits per heavy atom. The van der Waals surface area contributed by atoms with Crippen LogP contribution in [-0.2, 0) is 0 Å². The van der Waals surface area contributed by atoms with E-state index in [0.29, 0.717) is 6.04 Å². The third-order valence-electron chi connectivity index (χ3n) is 5.51. The smallest absolute Gasteiger partial charge is 0.224 e. The van der Waals surface area contributed by atoms with Gasteiger partial charge in [0, 0.05) is 38.4 Å². The molecule has 5 nitrogen and oxygen atoms in total. The van der Waals surface area contributed by atoms with Crippen LogP contribution in [0.4, 0.5) is 11.8 Å². The van der Waals surface area contributed by atoms with Crippen LogP contribution in [0.1, 0.15) is 52.4 Å². The number of rotatable bonds is 6. The molecule has 2 fully saturated rings. The molecule has 2 aliphatic heterocycles. The van der Waals surface area contributed by atoms with E-state index in [1.165, 1.54) is 50.6 Å². The Kier molecular flexibility index (Phi) is 6.68. The maximum Gasteiger partial charge on any atom is 0.224 e. The second-order valence-electron chi connectivity index (χ2n) is 7.42. The molecule has 1 atom stereocenters. The Balaban J connectivity index is 1.56. The minimum absolute atomic E-state index is 0.584. The van der Waals surface area contributed by atoms with Crippen LogP contribution in [0.15, 0.2) is 23.9 Å². The summed E-state index contributed by atoms with van der Waals surface area (Å²) < 4.78 is 0. The monoisotopic (exact) mass is 343 g/mol. The second-order valence-corrected chi connectivity index (χ2v) is 7.42. The standard InChI is InChI=1S/C20H33N5/c1-3-17(2)16-25-14-8-9-18(25)15-22-20-21-11-10-19(23-20)24-12-6-4-5-7-13-24/h3,10-11,18H,4-9,12-16H2,1-2H3,(H,21,22,23)/b17-3+. The van der Waals surface area contributed by atoms with Crippen molar-refractivity contribution in [3.63, 3.8) is 0 Å². The van der Waals surface area contributed by atoms with Gasteiger partial charge in [0.05, 0.1) is 0 Å². The molecule has 1 aromatic rings. The van der Waals surface area contributed by atoms with Gasteiger partial charge in [-0.15, -0.1) is 0 Å². The highest BCUT2D eigenvalue weighted by atomic mass is 15.2. The van der Waals surface area contributed by atoms with Gasteiger partial charge in [-0.25, -0.2) is 4.98 Å². The van der Waals surface area contributed by atoms with E-state index in [1.54, 1.807) is 0 Å². The molecule has 0 saturated carbocycles. The average Bonchev–Trinajstić information content (AvgIpc) is 2.90. The van der Waals surface area contributed by atoms with E-state index in [-0.39, 0.29) is 0 Å². The van der Waals surface area contributed by atoms with Crippen molar-refractivity contribution >= 4 is 11.8 Å². The molecule has 0 aromatic carbocycles. The minimum Gasteiger partial charge on any atom is -0.356 e. The molecule has 1 unspecified atom stereocenters. The summed E-state index contributed by atoms with van der Waals surface area (Å²) >= 11 is 0. The molecule has 2 saturated heterocycles. The number of aromatic nitrogens is 2. The average molecular weight is 344 g/mol. The van der Waals surface area contributed by atoms with Crippen molar-refractivity contribution in [3.05, 3.63) is 23.9 Å². The fraction of sp³-hybridized carbons (Fsp3) is 0.700. The van der Waals surface area contributed by atoms with E-state index >= 15 is 0 Å². The van der Waals surface area contributed by atoms with Gasteiger partial charge in [-0.05, 0) is 52.1 Å². The van der Waals surface area contributed by atoms with Crippen LogP contribution in [0, 0.1) is 0 Å². The zero-order valence-electron chi connectivity index (χ0n) is 15.9. The lowest BCUT2D eigenvalue weighted by atomic mass is 10.2. The van der Waals surface area contributed by atoms with Crippen LogP contribution in [0.5, 0.6) is 0 Å². The number of anilines is 2. The van der Waals surface area contributed by atoms with Gasteiger partial charge in [0.15, 0.2) is 0 Å². The third kappa shape index (κ3) is 5.18. The molecule has 1 aromatic heterocycles. The van der Waals surface area contributed by atoms with Crippen molar-refractivity contribution in [1.82, 2.24) is 14.9 Å². The summed E-state index contributed by atoms with van der Waals surface area (Å²) in [6.07, 6.45) is 11.9.